The quantitative estimate of drug-likeness (QED) is 0.741. The van der Waals surface area contributed by atoms with Crippen molar-refractivity contribution >= 4 is 51.0 Å². The summed E-state index contributed by atoms with van der Waals surface area (Å²) in [6.07, 6.45) is 1.69. The molecule has 0 amide bonds. The SMILES string of the molecule is CN1C(=NCc2ccccn2)SCC1(O)c1ccc(Cl)c(S(N)(=O)=O)c1.Cl. The van der Waals surface area contributed by atoms with E-state index < -0.39 is 15.7 Å². The van der Waals surface area contributed by atoms with Crippen molar-refractivity contribution in [2.24, 2.45) is 10.1 Å². The molecule has 3 rings (SSSR count). The number of primary sulfonamides is 1. The highest BCUT2D eigenvalue weighted by molar-refractivity contribution is 8.14. The topological polar surface area (TPSA) is 109 Å². The Morgan fingerprint density at radius 3 is 2.78 bits per heavy atom. The zero-order chi connectivity index (χ0) is 18.9. The predicted octanol–water partition coefficient (Wildman–Crippen LogP) is 2.18. The molecule has 1 fully saturated rings. The number of hydrogen-bond donors (Lipinski definition) is 2. The summed E-state index contributed by atoms with van der Waals surface area (Å²) in [5, 5.41) is 16.9. The molecule has 27 heavy (non-hydrogen) atoms. The lowest BCUT2D eigenvalue weighted by Gasteiger charge is -2.31. The number of thioether (sulfide) groups is 1. The van der Waals surface area contributed by atoms with Crippen molar-refractivity contribution < 1.29 is 13.5 Å². The van der Waals surface area contributed by atoms with E-state index in [1.807, 2.05) is 18.2 Å². The van der Waals surface area contributed by atoms with E-state index in [1.165, 1.54) is 23.9 Å². The standard InChI is InChI=1S/C16H17ClN4O3S2.ClH/c1-21-15(20-9-12-4-2-3-7-19-12)25-10-16(21,22)11-5-6-13(17)14(8-11)26(18,23)24;/h2-8,22H,9-10H2,1H3,(H2,18,23,24);1H. The fourth-order valence-corrected chi connectivity index (χ4v) is 4.82. The van der Waals surface area contributed by atoms with Gasteiger partial charge < -0.3 is 10.0 Å². The fraction of sp³-hybridized carbons (Fsp3) is 0.250. The monoisotopic (exact) mass is 448 g/mol. The molecule has 11 heteroatoms. The lowest BCUT2D eigenvalue weighted by atomic mass is 10.0. The van der Waals surface area contributed by atoms with Gasteiger partial charge in [0.2, 0.25) is 10.0 Å². The molecule has 1 aliphatic heterocycles. The molecule has 0 saturated carbocycles. The summed E-state index contributed by atoms with van der Waals surface area (Å²) in [6.45, 7) is 0.382. The number of hydrogen-bond acceptors (Lipinski definition) is 6. The van der Waals surface area contributed by atoms with Crippen LogP contribution in [0.4, 0.5) is 0 Å². The maximum atomic E-state index is 11.7. The maximum absolute atomic E-state index is 11.7. The Kier molecular flexibility index (Phi) is 6.77. The lowest BCUT2D eigenvalue weighted by molar-refractivity contribution is -0.0350. The zero-order valence-corrected chi connectivity index (χ0v) is 17.4. The maximum Gasteiger partial charge on any atom is 0.239 e. The van der Waals surface area contributed by atoms with Crippen molar-refractivity contribution in [3.63, 3.8) is 0 Å². The highest BCUT2D eigenvalue weighted by atomic mass is 35.5. The van der Waals surface area contributed by atoms with Gasteiger partial charge in [-0.25, -0.2) is 13.6 Å². The molecule has 3 N–H and O–H groups in total. The van der Waals surface area contributed by atoms with Crippen LogP contribution in [0.3, 0.4) is 0 Å². The minimum Gasteiger partial charge on any atom is -0.366 e. The molecular weight excluding hydrogens is 431 g/mol. The first kappa shape index (κ1) is 21.9. The van der Waals surface area contributed by atoms with Crippen LogP contribution in [0.1, 0.15) is 11.3 Å². The van der Waals surface area contributed by atoms with Gasteiger partial charge in [-0.1, -0.05) is 35.5 Å². The van der Waals surface area contributed by atoms with E-state index in [0.717, 1.165) is 5.69 Å². The number of nitrogens with two attached hydrogens (primary N) is 1. The van der Waals surface area contributed by atoms with Gasteiger partial charge in [-0.05, 0) is 24.3 Å². The smallest absolute Gasteiger partial charge is 0.239 e. The number of rotatable bonds is 4. The van der Waals surface area contributed by atoms with Gasteiger partial charge in [-0.3, -0.25) is 9.98 Å². The Bertz CT molecular complexity index is 957. The predicted molar refractivity (Wildman–Crippen MR) is 110 cm³/mol. The van der Waals surface area contributed by atoms with Crippen molar-refractivity contribution in [3.8, 4) is 0 Å². The molecule has 0 spiro atoms. The average Bonchev–Trinajstić information content (AvgIpc) is 2.89. The molecule has 2 heterocycles. The van der Waals surface area contributed by atoms with E-state index in [1.54, 1.807) is 24.2 Å². The lowest BCUT2D eigenvalue weighted by Crippen LogP contribution is -2.42. The third kappa shape index (κ3) is 4.56. The van der Waals surface area contributed by atoms with E-state index in [2.05, 4.69) is 9.98 Å². The first-order chi connectivity index (χ1) is 12.2. The van der Waals surface area contributed by atoms with E-state index in [0.29, 0.717) is 17.3 Å². The second kappa shape index (κ2) is 8.34. The van der Waals surface area contributed by atoms with Gasteiger partial charge in [0, 0.05) is 18.8 Å². The Balaban J connectivity index is 0.00000261. The van der Waals surface area contributed by atoms with Crippen LogP contribution in [0, 0.1) is 0 Å². The molecule has 1 aromatic heterocycles. The van der Waals surface area contributed by atoms with Gasteiger partial charge in [-0.15, -0.1) is 12.4 Å². The minimum absolute atomic E-state index is 0. The van der Waals surface area contributed by atoms with Gasteiger partial charge in [0.15, 0.2) is 10.9 Å². The van der Waals surface area contributed by atoms with Gasteiger partial charge in [0.05, 0.1) is 23.0 Å². The fourth-order valence-electron chi connectivity index (χ4n) is 2.56. The Hall–Kier alpha value is -1.36. The molecule has 1 atom stereocenters. The number of amidine groups is 1. The molecule has 1 aromatic carbocycles. The molecule has 0 aliphatic carbocycles. The van der Waals surface area contributed by atoms with Crippen molar-refractivity contribution in [2.45, 2.75) is 17.2 Å². The molecule has 1 saturated heterocycles. The number of pyridine rings is 1. The molecule has 0 bridgehead atoms. The summed E-state index contributed by atoms with van der Waals surface area (Å²) in [5.74, 6) is 0.288. The van der Waals surface area contributed by atoms with Crippen molar-refractivity contribution in [2.75, 3.05) is 12.8 Å². The van der Waals surface area contributed by atoms with Crippen LogP contribution < -0.4 is 5.14 Å². The molecule has 0 radical (unpaired) electrons. The summed E-state index contributed by atoms with van der Waals surface area (Å²) in [4.78, 5) is 10.1. The third-order valence-electron chi connectivity index (χ3n) is 4.05. The van der Waals surface area contributed by atoms with Crippen molar-refractivity contribution in [1.82, 2.24) is 9.88 Å². The Labute approximate surface area is 173 Å². The van der Waals surface area contributed by atoms with Gasteiger partial charge in [-0.2, -0.15) is 0 Å². The van der Waals surface area contributed by atoms with Crippen LogP contribution >= 0.6 is 35.8 Å². The molecule has 7 nitrogen and oxygen atoms in total. The van der Waals surface area contributed by atoms with Crippen molar-refractivity contribution in [3.05, 3.63) is 58.9 Å². The normalized spacial score (nSPS) is 21.3. The molecular formula is C16H18Cl2N4O3S2. The molecule has 1 aliphatic rings. The highest BCUT2D eigenvalue weighted by Gasteiger charge is 2.43. The van der Waals surface area contributed by atoms with Crippen LogP contribution in [-0.2, 0) is 22.3 Å². The number of halogens is 2. The number of aromatic nitrogens is 1. The number of nitrogens with zero attached hydrogens (tertiary/aromatic N) is 3. The van der Waals surface area contributed by atoms with E-state index in [4.69, 9.17) is 16.7 Å². The minimum atomic E-state index is -4.00. The number of sulfonamides is 1. The molecule has 146 valence electrons. The van der Waals surface area contributed by atoms with Crippen LogP contribution in [0.2, 0.25) is 5.02 Å². The largest absolute Gasteiger partial charge is 0.366 e. The Morgan fingerprint density at radius 2 is 2.15 bits per heavy atom. The van der Waals surface area contributed by atoms with E-state index >= 15 is 0 Å². The summed E-state index contributed by atoms with van der Waals surface area (Å²) >= 11 is 7.30. The van der Waals surface area contributed by atoms with Crippen LogP contribution in [0.25, 0.3) is 0 Å². The summed E-state index contributed by atoms with van der Waals surface area (Å²) < 4.78 is 23.4. The first-order valence-electron chi connectivity index (χ1n) is 7.58. The number of benzene rings is 1. The second-order valence-electron chi connectivity index (χ2n) is 5.77. The number of aliphatic imine (C=N–C) groups is 1. The van der Waals surface area contributed by atoms with Gasteiger partial charge in [0.25, 0.3) is 0 Å². The van der Waals surface area contributed by atoms with Gasteiger partial charge in [0.1, 0.15) is 4.90 Å². The third-order valence-corrected chi connectivity index (χ3v) is 6.65. The first-order valence-corrected chi connectivity index (χ1v) is 10.5. The van der Waals surface area contributed by atoms with Crippen LogP contribution in [-0.4, -0.2) is 41.4 Å². The Morgan fingerprint density at radius 1 is 1.41 bits per heavy atom. The zero-order valence-electron chi connectivity index (χ0n) is 14.2. The molecule has 2 aromatic rings. The van der Waals surface area contributed by atoms with Crippen LogP contribution in [0.5, 0.6) is 0 Å². The number of aliphatic hydroxyl groups is 1. The highest BCUT2D eigenvalue weighted by Crippen LogP contribution is 2.39. The van der Waals surface area contributed by atoms with E-state index in [9.17, 15) is 13.5 Å². The second-order valence-corrected chi connectivity index (χ2v) is 8.65. The van der Waals surface area contributed by atoms with Gasteiger partial charge >= 0.3 is 0 Å². The molecule has 1 unspecified atom stereocenters. The van der Waals surface area contributed by atoms with E-state index in [-0.39, 0.29) is 28.1 Å². The van der Waals surface area contributed by atoms with Crippen LogP contribution in [0.15, 0.2) is 52.5 Å². The average molecular weight is 449 g/mol. The van der Waals surface area contributed by atoms with Crippen molar-refractivity contribution in [1.29, 1.82) is 0 Å². The summed E-state index contributed by atoms with van der Waals surface area (Å²) in [6, 6.07) is 9.87. The summed E-state index contributed by atoms with van der Waals surface area (Å²) in [7, 11) is -2.30. The summed E-state index contributed by atoms with van der Waals surface area (Å²) in [5.41, 5.74) is -0.228.